The molecular formula is C9H16N4OS. The molecule has 1 aliphatic rings. The summed E-state index contributed by atoms with van der Waals surface area (Å²) in [7, 11) is 0. The van der Waals surface area contributed by atoms with E-state index in [1.807, 2.05) is 0 Å². The molecule has 0 saturated carbocycles. The highest BCUT2D eigenvalue weighted by Crippen LogP contribution is 2.22. The summed E-state index contributed by atoms with van der Waals surface area (Å²) < 4.78 is 9.83. The lowest BCUT2D eigenvalue weighted by molar-refractivity contribution is -0.0437. The van der Waals surface area contributed by atoms with Crippen molar-refractivity contribution < 1.29 is 4.74 Å². The second-order valence-corrected chi connectivity index (χ2v) is 4.72. The van der Waals surface area contributed by atoms with Crippen molar-refractivity contribution in [1.29, 1.82) is 0 Å². The number of hydrogen-bond donors (Lipinski definition) is 1. The predicted molar refractivity (Wildman–Crippen MR) is 59.7 cm³/mol. The molecule has 1 unspecified atom stereocenters. The monoisotopic (exact) mass is 228 g/mol. The second-order valence-electron chi connectivity index (χ2n) is 3.94. The van der Waals surface area contributed by atoms with Crippen LogP contribution in [-0.4, -0.2) is 40.0 Å². The van der Waals surface area contributed by atoms with Crippen molar-refractivity contribution in [1.82, 2.24) is 14.3 Å². The third kappa shape index (κ3) is 2.45. The molecule has 84 valence electrons. The molecule has 0 amide bonds. The largest absolute Gasteiger partial charge is 0.374 e. The van der Waals surface area contributed by atoms with Gasteiger partial charge in [0, 0.05) is 30.7 Å². The van der Waals surface area contributed by atoms with E-state index >= 15 is 0 Å². The maximum Gasteiger partial charge on any atom is 0.200 e. The van der Waals surface area contributed by atoms with Gasteiger partial charge < -0.3 is 10.5 Å². The third-order valence-corrected chi connectivity index (χ3v) is 3.13. The molecule has 1 saturated heterocycles. The maximum absolute atomic E-state index is 5.64. The second kappa shape index (κ2) is 4.42. The number of aromatic nitrogens is 2. The van der Waals surface area contributed by atoms with Crippen LogP contribution in [0.2, 0.25) is 0 Å². The average Bonchev–Trinajstić information content (AvgIpc) is 2.65. The summed E-state index contributed by atoms with van der Waals surface area (Å²) in [6.45, 7) is 6.94. The van der Waals surface area contributed by atoms with E-state index < -0.39 is 0 Å². The van der Waals surface area contributed by atoms with Gasteiger partial charge in [0.2, 0.25) is 0 Å². The molecule has 1 atom stereocenters. The molecule has 1 fully saturated rings. The summed E-state index contributed by atoms with van der Waals surface area (Å²) >= 11 is 1.23. The molecule has 0 bridgehead atoms. The maximum atomic E-state index is 5.64. The topological polar surface area (TPSA) is 64.3 Å². The fourth-order valence-electron chi connectivity index (χ4n) is 1.67. The minimum absolute atomic E-state index is 0.0188. The number of nitrogen functional groups attached to an aromatic ring is 1. The van der Waals surface area contributed by atoms with E-state index in [0.29, 0.717) is 11.2 Å². The Morgan fingerprint density at radius 1 is 1.60 bits per heavy atom. The summed E-state index contributed by atoms with van der Waals surface area (Å²) in [4.78, 5) is 6.53. The van der Waals surface area contributed by atoms with Crippen LogP contribution >= 0.6 is 11.5 Å². The highest BCUT2D eigenvalue weighted by atomic mass is 32.1. The zero-order valence-corrected chi connectivity index (χ0v) is 9.83. The average molecular weight is 228 g/mol. The van der Waals surface area contributed by atoms with Crippen LogP contribution < -0.4 is 5.73 Å². The van der Waals surface area contributed by atoms with Gasteiger partial charge in [-0.3, -0.25) is 4.90 Å². The van der Waals surface area contributed by atoms with Gasteiger partial charge in [-0.05, 0) is 13.8 Å². The molecule has 6 heteroatoms. The lowest BCUT2D eigenvalue weighted by Gasteiger charge is -2.34. The van der Waals surface area contributed by atoms with Gasteiger partial charge in [0.25, 0.3) is 0 Å². The number of rotatable bonds is 2. The number of hydrogen-bond acceptors (Lipinski definition) is 6. The Balaban J connectivity index is 2.04. The number of nitrogens with zero attached hydrogens (tertiary/aromatic N) is 3. The minimum Gasteiger partial charge on any atom is -0.374 e. The van der Waals surface area contributed by atoms with Gasteiger partial charge in [-0.1, -0.05) is 0 Å². The Labute approximate surface area is 93.4 Å². The van der Waals surface area contributed by atoms with Gasteiger partial charge in [-0.25, -0.2) is 4.98 Å². The van der Waals surface area contributed by atoms with Gasteiger partial charge in [0.1, 0.15) is 6.10 Å². The van der Waals surface area contributed by atoms with Crippen molar-refractivity contribution in [3.8, 4) is 0 Å². The number of morpholine rings is 1. The quantitative estimate of drug-likeness (QED) is 0.815. The minimum atomic E-state index is -0.0188. The first-order valence-corrected chi connectivity index (χ1v) is 5.89. The highest BCUT2D eigenvalue weighted by Gasteiger charge is 2.26. The molecule has 2 heterocycles. The Bertz CT molecular complexity index is 328. The van der Waals surface area contributed by atoms with Crippen LogP contribution in [-0.2, 0) is 4.74 Å². The van der Waals surface area contributed by atoms with Gasteiger partial charge in [-0.15, -0.1) is 0 Å². The Morgan fingerprint density at radius 2 is 2.40 bits per heavy atom. The summed E-state index contributed by atoms with van der Waals surface area (Å²) in [5, 5.41) is 0.510. The fraction of sp³-hybridized carbons (Fsp3) is 0.778. The summed E-state index contributed by atoms with van der Waals surface area (Å²) in [6, 6.07) is 0.535. The zero-order chi connectivity index (χ0) is 10.8. The molecule has 0 aromatic carbocycles. The smallest absolute Gasteiger partial charge is 0.200 e. The fourth-order valence-corrected chi connectivity index (χ4v) is 2.15. The molecule has 2 N–H and O–H groups in total. The third-order valence-electron chi connectivity index (χ3n) is 2.57. The van der Waals surface area contributed by atoms with Crippen LogP contribution in [0, 0.1) is 0 Å². The van der Waals surface area contributed by atoms with E-state index in [1.165, 1.54) is 11.5 Å². The van der Waals surface area contributed by atoms with Crippen LogP contribution in [0.25, 0.3) is 0 Å². The van der Waals surface area contributed by atoms with E-state index in [0.717, 1.165) is 25.5 Å². The van der Waals surface area contributed by atoms with Gasteiger partial charge >= 0.3 is 0 Å². The van der Waals surface area contributed by atoms with Crippen molar-refractivity contribution in [2.24, 2.45) is 0 Å². The predicted octanol–water partition coefficient (Wildman–Crippen LogP) is 0.902. The lowest BCUT2D eigenvalue weighted by Crippen LogP contribution is -2.42. The number of nitrogens with two attached hydrogens (primary N) is 1. The molecule has 5 nitrogen and oxygen atoms in total. The molecule has 0 spiro atoms. The number of ether oxygens (including phenoxy) is 1. The molecule has 0 radical (unpaired) electrons. The van der Waals surface area contributed by atoms with Crippen molar-refractivity contribution in [2.45, 2.75) is 26.0 Å². The van der Waals surface area contributed by atoms with Gasteiger partial charge in [0.05, 0.1) is 6.61 Å². The van der Waals surface area contributed by atoms with Crippen LogP contribution in [0.4, 0.5) is 5.13 Å². The SMILES string of the molecule is CC(C)N1CCOC(c2nsc(N)n2)C1. The lowest BCUT2D eigenvalue weighted by atomic mass is 10.2. The van der Waals surface area contributed by atoms with E-state index in [-0.39, 0.29) is 6.10 Å². The molecule has 1 aliphatic heterocycles. The summed E-state index contributed by atoms with van der Waals surface area (Å²) in [5.41, 5.74) is 5.56. The highest BCUT2D eigenvalue weighted by molar-refractivity contribution is 7.09. The molecular weight excluding hydrogens is 212 g/mol. The van der Waals surface area contributed by atoms with E-state index in [2.05, 4.69) is 28.1 Å². The Hall–Kier alpha value is -0.720. The van der Waals surface area contributed by atoms with Crippen molar-refractivity contribution >= 4 is 16.7 Å². The van der Waals surface area contributed by atoms with Crippen LogP contribution in [0.1, 0.15) is 25.8 Å². The first kappa shape index (κ1) is 10.8. The molecule has 2 rings (SSSR count). The van der Waals surface area contributed by atoms with E-state index in [9.17, 15) is 0 Å². The van der Waals surface area contributed by atoms with Crippen molar-refractivity contribution in [2.75, 3.05) is 25.4 Å². The molecule has 1 aromatic rings. The molecule has 15 heavy (non-hydrogen) atoms. The molecule has 1 aromatic heterocycles. The first-order valence-electron chi connectivity index (χ1n) is 5.11. The molecule has 0 aliphatic carbocycles. The van der Waals surface area contributed by atoms with Crippen LogP contribution in [0.3, 0.4) is 0 Å². The number of anilines is 1. The van der Waals surface area contributed by atoms with E-state index in [4.69, 9.17) is 10.5 Å². The van der Waals surface area contributed by atoms with E-state index in [1.54, 1.807) is 0 Å². The summed E-state index contributed by atoms with van der Waals surface area (Å²) in [6.07, 6.45) is -0.0188. The zero-order valence-electron chi connectivity index (χ0n) is 9.01. The Kier molecular flexibility index (Phi) is 3.18. The standard InChI is InChI=1S/C9H16N4OS/c1-6(2)13-3-4-14-7(5-13)8-11-9(10)15-12-8/h6-7H,3-5H2,1-2H3,(H2,10,11,12). The van der Waals surface area contributed by atoms with Crippen molar-refractivity contribution in [3.05, 3.63) is 5.82 Å². The normalized spacial score (nSPS) is 23.5. The van der Waals surface area contributed by atoms with Crippen LogP contribution in [0.15, 0.2) is 0 Å². The first-order chi connectivity index (χ1) is 7.16. The van der Waals surface area contributed by atoms with Gasteiger partial charge in [-0.2, -0.15) is 4.37 Å². The van der Waals surface area contributed by atoms with Crippen LogP contribution in [0.5, 0.6) is 0 Å². The van der Waals surface area contributed by atoms with Gasteiger partial charge in [0.15, 0.2) is 11.0 Å². The Morgan fingerprint density at radius 3 is 3.00 bits per heavy atom. The summed E-state index contributed by atoms with van der Waals surface area (Å²) in [5.74, 6) is 0.725. The van der Waals surface area contributed by atoms with Crippen molar-refractivity contribution in [3.63, 3.8) is 0 Å².